The predicted octanol–water partition coefficient (Wildman–Crippen LogP) is -1.71. The first-order valence-electron chi connectivity index (χ1n) is 8.62. The fourth-order valence-electron chi connectivity index (χ4n) is 2.48. The van der Waals surface area contributed by atoms with Gasteiger partial charge in [-0.1, -0.05) is 5.16 Å². The largest absolute Gasteiger partial charge is 0.478 e. The number of oxime groups is 1. The molecule has 2 rings (SSSR count). The number of hydrogen-bond acceptors (Lipinski definition) is 11. The first-order valence-corrected chi connectivity index (χ1v) is 10.9. The second-order valence-corrected chi connectivity index (χ2v) is 9.43. The van der Waals surface area contributed by atoms with Crippen molar-refractivity contribution in [3.63, 3.8) is 0 Å². The molecule has 1 aliphatic heterocycles. The highest BCUT2D eigenvalue weighted by molar-refractivity contribution is 7.84. The van der Waals surface area contributed by atoms with E-state index in [2.05, 4.69) is 20.8 Å². The number of rotatable bonds is 8. The molecule has 0 saturated carbocycles. The van der Waals surface area contributed by atoms with Crippen molar-refractivity contribution in [1.82, 2.24) is 19.9 Å². The number of aliphatic carboxylic acids is 1. The Morgan fingerprint density at radius 2 is 2.00 bits per heavy atom. The zero-order chi connectivity index (χ0) is 24.6. The molecule has 3 amide bonds. The molecule has 1 aliphatic rings. The van der Waals surface area contributed by atoms with Crippen LogP contribution in [0.3, 0.4) is 0 Å². The standard InChI is InChI=1S/C15H20N6O9S2/c1-6(22)17-10-15(4,11(24)21(10)32(27,28)29)19-9(23)8(7-5-31-13(16)18-7)20-30-14(2,3)12(25)26/h5,10H,1-4H3,(H2,16,18)(H,17,22)(H,19,23)(H,25,26)(H,27,28,29)/t10-,15-/m1/s1. The van der Waals surface area contributed by atoms with Crippen LogP contribution >= 0.6 is 11.3 Å². The van der Waals surface area contributed by atoms with Crippen LogP contribution < -0.4 is 16.4 Å². The van der Waals surface area contributed by atoms with Crippen LogP contribution in [0.5, 0.6) is 0 Å². The molecular weight excluding hydrogens is 472 g/mol. The summed E-state index contributed by atoms with van der Waals surface area (Å²) < 4.78 is 32.2. The van der Waals surface area contributed by atoms with Crippen molar-refractivity contribution < 1.29 is 42.1 Å². The molecule has 32 heavy (non-hydrogen) atoms. The third-order valence-electron chi connectivity index (χ3n) is 4.25. The van der Waals surface area contributed by atoms with E-state index in [-0.39, 0.29) is 15.1 Å². The van der Waals surface area contributed by atoms with Gasteiger partial charge >= 0.3 is 16.3 Å². The summed E-state index contributed by atoms with van der Waals surface area (Å²) in [6.45, 7) is 4.46. The molecule has 0 unspecified atom stereocenters. The van der Waals surface area contributed by atoms with Gasteiger partial charge in [0.1, 0.15) is 5.69 Å². The lowest BCUT2D eigenvalue weighted by molar-refractivity contribution is -0.161. The minimum absolute atomic E-state index is 0.0175. The molecule has 6 N–H and O–H groups in total. The molecule has 1 aromatic heterocycles. The minimum Gasteiger partial charge on any atom is -0.478 e. The number of carboxylic acid groups (broad SMARTS) is 1. The van der Waals surface area contributed by atoms with E-state index in [0.29, 0.717) is 0 Å². The van der Waals surface area contributed by atoms with Gasteiger partial charge in [0.2, 0.25) is 11.5 Å². The van der Waals surface area contributed by atoms with Gasteiger partial charge in [-0.25, -0.2) is 9.78 Å². The average molecular weight is 492 g/mol. The van der Waals surface area contributed by atoms with E-state index in [4.69, 9.17) is 15.7 Å². The molecule has 1 fully saturated rings. The quantitative estimate of drug-likeness (QED) is 0.119. The van der Waals surface area contributed by atoms with Crippen LogP contribution in [-0.2, 0) is 34.3 Å². The number of nitrogens with two attached hydrogens (primary N) is 1. The van der Waals surface area contributed by atoms with Crippen LogP contribution in [0.2, 0.25) is 0 Å². The molecule has 2 atom stereocenters. The third-order valence-corrected chi connectivity index (χ3v) is 5.80. The van der Waals surface area contributed by atoms with E-state index in [1.165, 1.54) is 5.38 Å². The number of anilines is 1. The monoisotopic (exact) mass is 492 g/mol. The SMILES string of the molecule is CC(=O)N[C@@H]1N(S(=O)(=O)O)C(=O)[C@]1(C)NC(=O)C(=NOC(C)(C)C(=O)O)c1csc(N)n1. The van der Waals surface area contributed by atoms with Gasteiger partial charge in [-0.2, -0.15) is 12.7 Å². The van der Waals surface area contributed by atoms with Crippen molar-refractivity contribution >= 4 is 56.2 Å². The first-order chi connectivity index (χ1) is 14.5. The second kappa shape index (κ2) is 8.32. The predicted molar refractivity (Wildman–Crippen MR) is 108 cm³/mol. The fraction of sp³-hybridized carbons (Fsp3) is 0.467. The second-order valence-electron chi connectivity index (χ2n) is 7.26. The van der Waals surface area contributed by atoms with Crippen LogP contribution in [-0.4, -0.2) is 74.1 Å². The average Bonchev–Trinajstić information content (AvgIpc) is 3.05. The molecule has 176 valence electrons. The number of nitrogens with zero attached hydrogens (tertiary/aromatic N) is 3. The molecule has 2 heterocycles. The number of thiazole rings is 1. The number of amides is 3. The number of β-lactam (4-membered cyclic amide) rings is 1. The molecule has 0 aromatic carbocycles. The topological polar surface area (TPSA) is 231 Å². The highest BCUT2D eigenvalue weighted by atomic mass is 32.2. The molecule has 0 spiro atoms. The lowest BCUT2D eigenvalue weighted by Crippen LogP contribution is -2.84. The molecule has 0 bridgehead atoms. The minimum atomic E-state index is -5.05. The lowest BCUT2D eigenvalue weighted by Gasteiger charge is -2.51. The van der Waals surface area contributed by atoms with Gasteiger partial charge in [0.05, 0.1) is 0 Å². The summed E-state index contributed by atoms with van der Waals surface area (Å²) in [7, 11) is -5.05. The number of hydrogen-bond donors (Lipinski definition) is 5. The number of aromatic nitrogens is 1. The summed E-state index contributed by atoms with van der Waals surface area (Å²) in [4.78, 5) is 56.9. The smallest absolute Gasteiger partial charge is 0.364 e. The van der Waals surface area contributed by atoms with Crippen LogP contribution in [0.15, 0.2) is 10.5 Å². The zero-order valence-electron chi connectivity index (χ0n) is 17.1. The molecule has 0 aliphatic carbocycles. The number of nitrogens with one attached hydrogen (secondary N) is 2. The van der Waals surface area contributed by atoms with Gasteiger partial charge in [0.15, 0.2) is 22.5 Å². The summed E-state index contributed by atoms with van der Waals surface area (Å²) in [6.07, 6.45) is -1.66. The van der Waals surface area contributed by atoms with E-state index in [1.807, 2.05) is 0 Å². The normalized spacial score (nSPS) is 21.5. The Kier molecular flexibility index (Phi) is 6.49. The molecule has 1 saturated heterocycles. The van der Waals surface area contributed by atoms with Gasteiger partial charge in [0, 0.05) is 12.3 Å². The summed E-state index contributed by atoms with van der Waals surface area (Å²) in [5.74, 6) is -4.53. The van der Waals surface area contributed by atoms with E-state index in [0.717, 1.165) is 39.0 Å². The number of carbonyl (C=O) groups excluding carboxylic acids is 3. The van der Waals surface area contributed by atoms with Crippen LogP contribution in [0.1, 0.15) is 33.4 Å². The van der Waals surface area contributed by atoms with E-state index in [9.17, 15) is 32.1 Å². The van der Waals surface area contributed by atoms with Crippen molar-refractivity contribution in [2.24, 2.45) is 5.16 Å². The molecule has 17 heteroatoms. The molecule has 0 radical (unpaired) electrons. The van der Waals surface area contributed by atoms with E-state index in [1.54, 1.807) is 0 Å². The fourth-order valence-corrected chi connectivity index (χ4v) is 3.96. The Hall–Kier alpha value is -3.31. The highest BCUT2D eigenvalue weighted by Crippen LogP contribution is 2.32. The van der Waals surface area contributed by atoms with Gasteiger partial charge < -0.3 is 26.3 Å². The lowest BCUT2D eigenvalue weighted by atomic mass is 9.88. The van der Waals surface area contributed by atoms with Crippen molar-refractivity contribution in [2.75, 3.05) is 5.73 Å². The summed E-state index contributed by atoms with van der Waals surface area (Å²) in [5.41, 5.74) is 0.994. The Morgan fingerprint density at radius 1 is 1.41 bits per heavy atom. The van der Waals surface area contributed by atoms with Crippen molar-refractivity contribution in [2.45, 2.75) is 45.0 Å². The highest BCUT2D eigenvalue weighted by Gasteiger charge is 2.64. The van der Waals surface area contributed by atoms with Crippen molar-refractivity contribution in [3.05, 3.63) is 11.1 Å². The van der Waals surface area contributed by atoms with Crippen LogP contribution in [0, 0.1) is 0 Å². The maximum atomic E-state index is 12.9. The molecular formula is C15H20N6O9S2. The van der Waals surface area contributed by atoms with E-state index < -0.39 is 57.0 Å². The number of carboxylic acids is 1. The van der Waals surface area contributed by atoms with E-state index >= 15 is 0 Å². The Labute approximate surface area is 185 Å². The maximum absolute atomic E-state index is 12.9. The zero-order valence-corrected chi connectivity index (χ0v) is 18.8. The Morgan fingerprint density at radius 3 is 2.44 bits per heavy atom. The maximum Gasteiger partial charge on any atom is 0.364 e. The number of nitrogen functional groups attached to an aromatic ring is 1. The van der Waals surface area contributed by atoms with Crippen molar-refractivity contribution in [3.8, 4) is 0 Å². The molecule has 1 aromatic rings. The van der Waals surface area contributed by atoms with Gasteiger partial charge in [0.25, 0.3) is 11.8 Å². The first kappa shape index (κ1) is 25.0. The summed E-state index contributed by atoms with van der Waals surface area (Å²) >= 11 is 0.930. The van der Waals surface area contributed by atoms with Gasteiger partial charge in [-0.15, -0.1) is 11.3 Å². The summed E-state index contributed by atoms with van der Waals surface area (Å²) in [5, 5.41) is 18.4. The Balaban J connectivity index is 2.42. The van der Waals surface area contributed by atoms with Crippen LogP contribution in [0.4, 0.5) is 5.13 Å². The Bertz CT molecular complexity index is 1110. The molecule has 15 nitrogen and oxygen atoms in total. The van der Waals surface area contributed by atoms with Crippen LogP contribution in [0.25, 0.3) is 0 Å². The summed E-state index contributed by atoms with van der Waals surface area (Å²) in [6, 6.07) is 0. The number of carbonyl (C=O) groups is 4. The van der Waals surface area contributed by atoms with Gasteiger partial charge in [-0.05, 0) is 20.8 Å². The third kappa shape index (κ3) is 4.78. The van der Waals surface area contributed by atoms with Gasteiger partial charge in [-0.3, -0.25) is 18.9 Å². The van der Waals surface area contributed by atoms with Crippen molar-refractivity contribution in [1.29, 1.82) is 0 Å².